The first-order valence-electron chi connectivity index (χ1n) is 10.3. The molecule has 164 valence electrons. The summed E-state index contributed by atoms with van der Waals surface area (Å²) in [4.78, 5) is 8.63. The molecule has 0 aliphatic heterocycles. The number of nitrogens with one attached hydrogen (secondary N) is 2. The normalized spacial score (nSPS) is 11.4. The fourth-order valence-corrected chi connectivity index (χ4v) is 3.04. The molecular formula is C23H28FN5O2. The molecule has 0 aliphatic rings. The number of benzene rings is 2. The summed E-state index contributed by atoms with van der Waals surface area (Å²) in [5.74, 6) is 2.45. The third-order valence-electron chi connectivity index (χ3n) is 4.80. The molecule has 8 heteroatoms. The highest BCUT2D eigenvalue weighted by molar-refractivity contribution is 5.79. The van der Waals surface area contributed by atoms with Gasteiger partial charge in [0.25, 0.3) is 0 Å². The standard InChI is InChI=1S/C23H28FN5O2/c1-25-23(27-16-18-8-5-6-9-20(18)24)26-15-7-3-4-10-21-28-22(29-31-21)17-11-13-19(30-2)14-12-17/h5-6,8-9,11-14H,3-4,7,10,15-16H2,1-2H3,(H2,25,26,27). The minimum Gasteiger partial charge on any atom is -0.497 e. The minimum absolute atomic E-state index is 0.221. The molecule has 31 heavy (non-hydrogen) atoms. The topological polar surface area (TPSA) is 84.6 Å². The molecule has 3 rings (SSSR count). The maximum Gasteiger partial charge on any atom is 0.226 e. The molecule has 0 aliphatic carbocycles. The number of ether oxygens (including phenoxy) is 1. The van der Waals surface area contributed by atoms with E-state index in [0.717, 1.165) is 43.5 Å². The van der Waals surface area contributed by atoms with Crippen LogP contribution in [0.3, 0.4) is 0 Å². The molecule has 0 bridgehead atoms. The molecule has 0 fully saturated rings. The summed E-state index contributed by atoms with van der Waals surface area (Å²) in [7, 11) is 3.34. The maximum atomic E-state index is 13.7. The van der Waals surface area contributed by atoms with Gasteiger partial charge in [-0.2, -0.15) is 4.98 Å². The van der Waals surface area contributed by atoms with Crippen molar-refractivity contribution < 1.29 is 13.7 Å². The second-order valence-corrected chi connectivity index (χ2v) is 6.99. The van der Waals surface area contributed by atoms with Gasteiger partial charge in [0.1, 0.15) is 11.6 Å². The lowest BCUT2D eigenvalue weighted by atomic mass is 10.2. The number of unbranched alkanes of at least 4 members (excludes halogenated alkanes) is 2. The predicted octanol–water partition coefficient (Wildman–Crippen LogP) is 3.96. The molecule has 2 N–H and O–H groups in total. The maximum absolute atomic E-state index is 13.7. The van der Waals surface area contributed by atoms with Crippen LogP contribution in [0.25, 0.3) is 11.4 Å². The smallest absolute Gasteiger partial charge is 0.226 e. The molecule has 1 heterocycles. The van der Waals surface area contributed by atoms with Crippen LogP contribution in [0.2, 0.25) is 0 Å². The summed E-state index contributed by atoms with van der Waals surface area (Å²) in [6, 6.07) is 14.3. The van der Waals surface area contributed by atoms with Crippen molar-refractivity contribution >= 4 is 5.96 Å². The Morgan fingerprint density at radius 3 is 2.61 bits per heavy atom. The van der Waals surface area contributed by atoms with Gasteiger partial charge in [-0.25, -0.2) is 4.39 Å². The van der Waals surface area contributed by atoms with Crippen molar-refractivity contribution in [2.24, 2.45) is 4.99 Å². The summed E-state index contributed by atoms with van der Waals surface area (Å²) in [5.41, 5.74) is 1.51. The van der Waals surface area contributed by atoms with E-state index in [-0.39, 0.29) is 5.82 Å². The number of aryl methyl sites for hydroxylation is 1. The largest absolute Gasteiger partial charge is 0.497 e. The van der Waals surface area contributed by atoms with Crippen LogP contribution in [-0.4, -0.2) is 36.8 Å². The van der Waals surface area contributed by atoms with E-state index in [4.69, 9.17) is 9.26 Å². The Labute approximate surface area is 181 Å². The quantitative estimate of drug-likeness (QED) is 0.291. The molecule has 3 aromatic rings. The highest BCUT2D eigenvalue weighted by Crippen LogP contribution is 2.20. The van der Waals surface area contributed by atoms with E-state index >= 15 is 0 Å². The third-order valence-corrected chi connectivity index (χ3v) is 4.80. The van der Waals surface area contributed by atoms with Gasteiger partial charge in [-0.1, -0.05) is 29.8 Å². The molecule has 0 saturated heterocycles. The average molecular weight is 426 g/mol. The lowest BCUT2D eigenvalue weighted by Gasteiger charge is -2.12. The van der Waals surface area contributed by atoms with Crippen LogP contribution in [0.5, 0.6) is 5.75 Å². The predicted molar refractivity (Wildman–Crippen MR) is 118 cm³/mol. The van der Waals surface area contributed by atoms with Crippen molar-refractivity contribution in [3.63, 3.8) is 0 Å². The Bertz CT molecular complexity index is 972. The van der Waals surface area contributed by atoms with Crippen LogP contribution in [0.15, 0.2) is 58.0 Å². The van der Waals surface area contributed by atoms with Crippen molar-refractivity contribution in [3.05, 3.63) is 65.8 Å². The highest BCUT2D eigenvalue weighted by atomic mass is 19.1. The number of aromatic nitrogens is 2. The first kappa shape index (κ1) is 22.3. The zero-order chi connectivity index (χ0) is 21.9. The Morgan fingerprint density at radius 2 is 1.87 bits per heavy atom. The van der Waals surface area contributed by atoms with E-state index in [1.807, 2.05) is 30.3 Å². The Hall–Kier alpha value is -3.42. The zero-order valence-corrected chi connectivity index (χ0v) is 17.9. The van der Waals surface area contributed by atoms with Gasteiger partial charge in [0.05, 0.1) is 7.11 Å². The van der Waals surface area contributed by atoms with E-state index in [1.54, 1.807) is 26.3 Å². The lowest BCUT2D eigenvalue weighted by Crippen LogP contribution is -2.37. The molecule has 0 spiro atoms. The number of nitrogens with zero attached hydrogens (tertiary/aromatic N) is 3. The summed E-state index contributed by atoms with van der Waals surface area (Å²) >= 11 is 0. The Morgan fingerprint density at radius 1 is 1.06 bits per heavy atom. The third kappa shape index (κ3) is 6.80. The molecule has 1 aromatic heterocycles. The molecule has 0 amide bonds. The fourth-order valence-electron chi connectivity index (χ4n) is 3.04. The van der Waals surface area contributed by atoms with Gasteiger partial charge in [-0.15, -0.1) is 0 Å². The lowest BCUT2D eigenvalue weighted by molar-refractivity contribution is 0.374. The number of guanidine groups is 1. The molecule has 0 saturated carbocycles. The van der Waals surface area contributed by atoms with Crippen LogP contribution in [0, 0.1) is 5.82 Å². The van der Waals surface area contributed by atoms with E-state index < -0.39 is 0 Å². The second kappa shape index (κ2) is 11.7. The zero-order valence-electron chi connectivity index (χ0n) is 17.9. The number of halogens is 1. The summed E-state index contributed by atoms with van der Waals surface area (Å²) in [6.07, 6.45) is 3.67. The van der Waals surface area contributed by atoms with Gasteiger partial charge >= 0.3 is 0 Å². The average Bonchev–Trinajstić information content (AvgIpc) is 3.28. The van der Waals surface area contributed by atoms with Gasteiger partial charge in [0.15, 0.2) is 5.96 Å². The number of rotatable bonds is 10. The summed E-state index contributed by atoms with van der Waals surface area (Å²) < 4.78 is 24.2. The van der Waals surface area contributed by atoms with Crippen molar-refractivity contribution in [1.82, 2.24) is 20.8 Å². The van der Waals surface area contributed by atoms with Crippen molar-refractivity contribution in [2.75, 3.05) is 20.7 Å². The SMILES string of the molecule is CN=C(NCCCCCc1nc(-c2ccc(OC)cc2)no1)NCc1ccccc1F. The Kier molecular flexibility index (Phi) is 8.39. The second-order valence-electron chi connectivity index (χ2n) is 6.99. The van der Waals surface area contributed by atoms with Crippen LogP contribution in [-0.2, 0) is 13.0 Å². The van der Waals surface area contributed by atoms with Crippen LogP contribution in [0.1, 0.15) is 30.7 Å². The van der Waals surface area contributed by atoms with Gasteiger partial charge in [-0.3, -0.25) is 4.99 Å². The van der Waals surface area contributed by atoms with E-state index in [1.165, 1.54) is 6.07 Å². The van der Waals surface area contributed by atoms with E-state index in [0.29, 0.717) is 29.8 Å². The van der Waals surface area contributed by atoms with Crippen LogP contribution in [0.4, 0.5) is 4.39 Å². The van der Waals surface area contributed by atoms with Gasteiger partial charge in [-0.05, 0) is 43.2 Å². The molecule has 7 nitrogen and oxygen atoms in total. The molecule has 0 radical (unpaired) electrons. The van der Waals surface area contributed by atoms with Crippen LogP contribution >= 0.6 is 0 Å². The van der Waals surface area contributed by atoms with Gasteiger partial charge in [0, 0.05) is 37.7 Å². The highest BCUT2D eigenvalue weighted by Gasteiger charge is 2.08. The van der Waals surface area contributed by atoms with Crippen LogP contribution < -0.4 is 15.4 Å². The number of hydrogen-bond acceptors (Lipinski definition) is 5. The molecule has 0 atom stereocenters. The fraction of sp³-hybridized carbons (Fsp3) is 0.348. The monoisotopic (exact) mass is 425 g/mol. The van der Waals surface area contributed by atoms with E-state index in [2.05, 4.69) is 25.8 Å². The first-order chi connectivity index (χ1) is 15.2. The molecule has 2 aromatic carbocycles. The Balaban J connectivity index is 1.33. The van der Waals surface area contributed by atoms with Gasteiger partial charge in [0.2, 0.25) is 11.7 Å². The molecule has 0 unspecified atom stereocenters. The summed E-state index contributed by atoms with van der Waals surface area (Å²) in [5, 5.41) is 10.4. The van der Waals surface area contributed by atoms with E-state index in [9.17, 15) is 4.39 Å². The number of hydrogen-bond donors (Lipinski definition) is 2. The summed E-state index contributed by atoms with van der Waals surface area (Å²) in [6.45, 7) is 1.16. The van der Waals surface area contributed by atoms with Crippen molar-refractivity contribution in [3.8, 4) is 17.1 Å². The van der Waals surface area contributed by atoms with Gasteiger partial charge < -0.3 is 19.9 Å². The minimum atomic E-state index is -0.221. The van der Waals surface area contributed by atoms with Crippen molar-refractivity contribution in [2.45, 2.75) is 32.2 Å². The van der Waals surface area contributed by atoms with Crippen molar-refractivity contribution in [1.29, 1.82) is 0 Å². The number of methoxy groups -OCH3 is 1. The molecular weight excluding hydrogens is 397 g/mol. The number of aliphatic imine (C=N–C) groups is 1. The first-order valence-corrected chi connectivity index (χ1v) is 10.3.